The van der Waals surface area contributed by atoms with Crippen molar-refractivity contribution in [3.05, 3.63) is 86.6 Å². The smallest absolute Gasteiger partial charge is 0.267 e. The largest absolute Gasteiger partial charge is 0.313 e. The van der Waals surface area contributed by atoms with Crippen molar-refractivity contribution in [2.24, 2.45) is 0 Å². The number of thiazole rings is 1. The van der Waals surface area contributed by atoms with Crippen molar-refractivity contribution in [1.29, 1.82) is 0 Å². The number of amides is 2. The van der Waals surface area contributed by atoms with Gasteiger partial charge in [-0.05, 0) is 61.0 Å². The van der Waals surface area contributed by atoms with E-state index in [2.05, 4.69) is 15.6 Å². The minimum atomic E-state index is -0.540. The zero-order chi connectivity index (χ0) is 22.8. The van der Waals surface area contributed by atoms with E-state index in [4.69, 9.17) is 11.6 Å². The highest BCUT2D eigenvalue weighted by molar-refractivity contribution is 7.18. The van der Waals surface area contributed by atoms with Crippen molar-refractivity contribution in [2.75, 3.05) is 10.6 Å². The minimum absolute atomic E-state index is 0.00512. The van der Waals surface area contributed by atoms with Gasteiger partial charge >= 0.3 is 0 Å². The molecule has 0 aliphatic rings. The first-order chi connectivity index (χ1) is 15.3. The Morgan fingerprint density at radius 1 is 0.969 bits per heavy atom. The number of aryl methyl sites for hydroxylation is 1. The number of carbonyl (C=O) groups excluding carboxylic acids is 2. The third kappa shape index (κ3) is 4.85. The molecule has 0 saturated heterocycles. The van der Waals surface area contributed by atoms with Crippen molar-refractivity contribution < 1.29 is 18.4 Å². The average molecular weight is 490 g/mol. The van der Waals surface area contributed by atoms with Gasteiger partial charge in [0.2, 0.25) is 0 Å². The molecule has 0 bridgehead atoms. The number of hydrogen-bond donors (Lipinski definition) is 2. The van der Waals surface area contributed by atoms with Crippen LogP contribution in [0.3, 0.4) is 0 Å². The van der Waals surface area contributed by atoms with E-state index in [0.717, 1.165) is 29.0 Å². The average Bonchev–Trinajstić information content (AvgIpc) is 3.35. The van der Waals surface area contributed by atoms with Gasteiger partial charge in [-0.2, -0.15) is 0 Å². The summed E-state index contributed by atoms with van der Waals surface area (Å²) < 4.78 is 26.3. The number of nitrogens with one attached hydrogen (secondary N) is 2. The molecule has 0 fully saturated rings. The van der Waals surface area contributed by atoms with E-state index in [0.29, 0.717) is 26.3 Å². The van der Waals surface area contributed by atoms with Gasteiger partial charge in [0.25, 0.3) is 11.8 Å². The molecule has 2 N–H and O–H groups in total. The quantitative estimate of drug-likeness (QED) is 0.331. The van der Waals surface area contributed by atoms with E-state index < -0.39 is 11.7 Å². The van der Waals surface area contributed by atoms with Gasteiger partial charge < -0.3 is 5.32 Å². The molecule has 162 valence electrons. The molecule has 2 aromatic heterocycles. The molecule has 0 aliphatic heterocycles. The highest BCUT2D eigenvalue weighted by atomic mass is 35.5. The molecule has 5 nitrogen and oxygen atoms in total. The molecule has 0 aliphatic carbocycles. The van der Waals surface area contributed by atoms with Gasteiger partial charge in [0, 0.05) is 10.9 Å². The molecule has 2 amide bonds. The van der Waals surface area contributed by atoms with E-state index in [-0.39, 0.29) is 22.3 Å². The summed E-state index contributed by atoms with van der Waals surface area (Å²) in [5.74, 6) is -1.75. The van der Waals surface area contributed by atoms with Crippen LogP contribution in [-0.4, -0.2) is 16.8 Å². The second-order valence-electron chi connectivity index (χ2n) is 6.70. The second kappa shape index (κ2) is 9.15. The van der Waals surface area contributed by atoms with Crippen LogP contribution < -0.4 is 10.6 Å². The Kier molecular flexibility index (Phi) is 6.31. The Bertz CT molecular complexity index is 1320. The Balaban J connectivity index is 1.46. The van der Waals surface area contributed by atoms with Crippen LogP contribution in [-0.2, 0) is 0 Å². The van der Waals surface area contributed by atoms with E-state index in [9.17, 15) is 18.4 Å². The highest BCUT2D eigenvalue weighted by Gasteiger charge is 2.18. The molecule has 0 saturated carbocycles. The molecule has 0 spiro atoms. The summed E-state index contributed by atoms with van der Waals surface area (Å²) in [6, 6.07) is 11.1. The van der Waals surface area contributed by atoms with Crippen LogP contribution in [0.5, 0.6) is 0 Å². The molecule has 2 heterocycles. The summed E-state index contributed by atoms with van der Waals surface area (Å²) in [4.78, 5) is 29.9. The van der Waals surface area contributed by atoms with Crippen LogP contribution in [0.15, 0.2) is 53.9 Å². The number of hydrogen-bond acceptors (Lipinski definition) is 5. The lowest BCUT2D eigenvalue weighted by molar-refractivity contribution is 0.102. The predicted molar refractivity (Wildman–Crippen MR) is 124 cm³/mol. The number of halogens is 3. The van der Waals surface area contributed by atoms with Crippen molar-refractivity contribution in [3.63, 3.8) is 0 Å². The number of nitrogens with zero attached hydrogens (tertiary/aromatic N) is 1. The Morgan fingerprint density at radius 3 is 2.41 bits per heavy atom. The summed E-state index contributed by atoms with van der Waals surface area (Å²) >= 11 is 8.28. The summed E-state index contributed by atoms with van der Waals surface area (Å²) in [6.45, 7) is 1.75. The van der Waals surface area contributed by atoms with E-state index in [1.165, 1.54) is 29.5 Å². The third-order valence-electron chi connectivity index (χ3n) is 4.40. The molecular formula is C22H14ClF2N3O2S2. The summed E-state index contributed by atoms with van der Waals surface area (Å²) in [5, 5.41) is 8.02. The summed E-state index contributed by atoms with van der Waals surface area (Å²) in [7, 11) is 0. The topological polar surface area (TPSA) is 71.1 Å². The molecule has 2 aromatic carbocycles. The van der Waals surface area contributed by atoms with Crippen LogP contribution in [0.1, 0.15) is 25.6 Å². The van der Waals surface area contributed by atoms with Crippen LogP contribution in [0.4, 0.5) is 18.9 Å². The molecule has 32 heavy (non-hydrogen) atoms. The molecule has 4 rings (SSSR count). The maximum atomic E-state index is 13.2. The molecule has 4 aromatic rings. The van der Waals surface area contributed by atoms with Crippen LogP contribution in [0.2, 0.25) is 5.02 Å². The fourth-order valence-electron chi connectivity index (χ4n) is 2.86. The zero-order valence-corrected chi connectivity index (χ0v) is 18.8. The lowest BCUT2D eigenvalue weighted by Crippen LogP contribution is -2.12. The molecular weight excluding hydrogens is 476 g/mol. The van der Waals surface area contributed by atoms with Gasteiger partial charge in [-0.25, -0.2) is 13.8 Å². The maximum absolute atomic E-state index is 13.2. The fraction of sp³-hybridized carbons (Fsp3) is 0.0455. The number of carbonyl (C=O) groups is 2. The SMILES string of the molecule is Cc1cc(NC(=O)c2ccc(F)cc2Cl)sc1C(=O)Nc1nc(-c2ccc(F)cc2)cs1. The number of aromatic nitrogens is 1. The molecule has 10 heteroatoms. The van der Waals surface area contributed by atoms with E-state index in [1.54, 1.807) is 30.5 Å². The Labute approximate surface area is 194 Å². The lowest BCUT2D eigenvalue weighted by atomic mass is 10.2. The van der Waals surface area contributed by atoms with Crippen molar-refractivity contribution in [1.82, 2.24) is 4.98 Å². The van der Waals surface area contributed by atoms with Crippen LogP contribution in [0, 0.1) is 18.6 Å². The Morgan fingerprint density at radius 2 is 1.69 bits per heavy atom. The lowest BCUT2D eigenvalue weighted by Gasteiger charge is -2.04. The van der Waals surface area contributed by atoms with Crippen LogP contribution >= 0.6 is 34.3 Å². The highest BCUT2D eigenvalue weighted by Crippen LogP contribution is 2.30. The van der Waals surface area contributed by atoms with Gasteiger partial charge in [-0.1, -0.05) is 11.6 Å². The predicted octanol–water partition coefficient (Wildman–Crippen LogP) is 6.62. The van der Waals surface area contributed by atoms with Gasteiger partial charge in [-0.15, -0.1) is 22.7 Å². The molecule has 0 radical (unpaired) electrons. The first kappa shape index (κ1) is 22.1. The minimum Gasteiger partial charge on any atom is -0.313 e. The number of benzene rings is 2. The third-order valence-corrected chi connectivity index (χ3v) is 6.62. The van der Waals surface area contributed by atoms with Crippen molar-refractivity contribution in [2.45, 2.75) is 6.92 Å². The van der Waals surface area contributed by atoms with Gasteiger partial charge in [0.05, 0.1) is 26.2 Å². The van der Waals surface area contributed by atoms with Gasteiger partial charge in [0.15, 0.2) is 5.13 Å². The number of rotatable bonds is 5. The Hall–Kier alpha value is -3.14. The van der Waals surface area contributed by atoms with E-state index in [1.807, 2.05) is 0 Å². The monoisotopic (exact) mass is 489 g/mol. The first-order valence-electron chi connectivity index (χ1n) is 9.20. The standard InChI is InChI=1S/C22H14ClF2N3O2S2/c1-11-8-18(27-20(29)15-7-6-14(25)9-16(15)23)32-19(11)21(30)28-22-26-17(10-31-22)12-2-4-13(24)5-3-12/h2-10H,1H3,(H,27,29)(H,26,28,30). The fourth-order valence-corrected chi connectivity index (χ4v) is 4.79. The maximum Gasteiger partial charge on any atom is 0.267 e. The molecule has 0 atom stereocenters. The van der Waals surface area contributed by atoms with E-state index >= 15 is 0 Å². The second-order valence-corrected chi connectivity index (χ2v) is 9.02. The summed E-state index contributed by atoms with van der Waals surface area (Å²) in [5.41, 5.74) is 2.15. The van der Waals surface area contributed by atoms with Crippen molar-refractivity contribution >= 4 is 56.2 Å². The summed E-state index contributed by atoms with van der Waals surface area (Å²) in [6.07, 6.45) is 0. The number of thiophene rings is 1. The zero-order valence-electron chi connectivity index (χ0n) is 16.4. The normalized spacial score (nSPS) is 10.8. The molecule has 0 unspecified atom stereocenters. The first-order valence-corrected chi connectivity index (χ1v) is 11.3. The van der Waals surface area contributed by atoms with Gasteiger partial charge in [0.1, 0.15) is 11.6 Å². The van der Waals surface area contributed by atoms with Crippen molar-refractivity contribution in [3.8, 4) is 11.3 Å². The number of anilines is 2. The van der Waals surface area contributed by atoms with Gasteiger partial charge in [-0.3, -0.25) is 14.9 Å². The van der Waals surface area contributed by atoms with Crippen LogP contribution in [0.25, 0.3) is 11.3 Å².